The minimum atomic E-state index is -0.765. The van der Waals surface area contributed by atoms with E-state index in [1.165, 1.54) is 6.92 Å². The zero-order valence-electron chi connectivity index (χ0n) is 18.4. The standard InChI is InChI=1S/C21H26F2N6O4/c1-12(30)19-11-29(26-25-19)14-3-5-27(6-4-14)20-17(22)7-15(8-18(20)23)28-10-16(33-21(28)32)9-24-13(2)31/h7-8,11-12,14,16,30H,3-6,9-10H2,1-2H3,(H,24,31)/t12?,16-/m0/s1. The lowest BCUT2D eigenvalue weighted by Crippen LogP contribution is -2.36. The highest BCUT2D eigenvalue weighted by molar-refractivity contribution is 5.90. The number of aliphatic hydroxyl groups is 1. The maximum atomic E-state index is 15.0. The van der Waals surface area contributed by atoms with Gasteiger partial charge in [0.15, 0.2) is 11.6 Å². The molecule has 0 radical (unpaired) electrons. The molecule has 0 bridgehead atoms. The van der Waals surface area contributed by atoms with Gasteiger partial charge in [-0.05, 0) is 19.8 Å². The van der Waals surface area contributed by atoms with Crippen molar-refractivity contribution in [2.75, 3.05) is 36.0 Å². The Morgan fingerprint density at radius 3 is 2.55 bits per heavy atom. The van der Waals surface area contributed by atoms with Crippen LogP contribution in [0.1, 0.15) is 44.5 Å². The quantitative estimate of drug-likeness (QED) is 0.672. The number of nitrogens with zero attached hydrogens (tertiary/aromatic N) is 5. The molecule has 2 fully saturated rings. The first-order chi connectivity index (χ1) is 15.7. The van der Waals surface area contributed by atoms with Gasteiger partial charge in [-0.1, -0.05) is 5.21 Å². The van der Waals surface area contributed by atoms with Crippen LogP contribution < -0.4 is 15.1 Å². The zero-order chi connectivity index (χ0) is 23.7. The van der Waals surface area contributed by atoms with E-state index in [2.05, 4.69) is 15.6 Å². The van der Waals surface area contributed by atoms with Crippen molar-refractivity contribution in [1.29, 1.82) is 0 Å². The summed E-state index contributed by atoms with van der Waals surface area (Å²) >= 11 is 0. The summed E-state index contributed by atoms with van der Waals surface area (Å²) in [5.74, 6) is -1.79. The number of ether oxygens (including phenoxy) is 1. The van der Waals surface area contributed by atoms with E-state index >= 15 is 0 Å². The summed E-state index contributed by atoms with van der Waals surface area (Å²) in [5, 5.41) is 20.2. The van der Waals surface area contributed by atoms with Crippen LogP contribution in [0.5, 0.6) is 0 Å². The Balaban J connectivity index is 1.42. The molecule has 33 heavy (non-hydrogen) atoms. The van der Waals surface area contributed by atoms with E-state index < -0.39 is 29.9 Å². The molecular weight excluding hydrogens is 438 g/mol. The molecule has 2 N–H and O–H groups in total. The molecule has 2 saturated heterocycles. The van der Waals surface area contributed by atoms with E-state index in [0.29, 0.717) is 31.6 Å². The predicted octanol–water partition coefficient (Wildman–Crippen LogP) is 1.91. The van der Waals surface area contributed by atoms with Crippen LogP contribution in [-0.2, 0) is 9.53 Å². The molecule has 1 unspecified atom stereocenters. The second-order valence-electron chi connectivity index (χ2n) is 8.33. The fraction of sp³-hybridized carbons (Fsp3) is 0.524. The number of hydrogen-bond acceptors (Lipinski definition) is 7. The number of carbonyl (C=O) groups excluding carboxylic acids is 2. The lowest BCUT2D eigenvalue weighted by atomic mass is 10.0. The molecule has 3 heterocycles. The third-order valence-corrected chi connectivity index (χ3v) is 5.88. The summed E-state index contributed by atoms with van der Waals surface area (Å²) in [6, 6.07) is 2.27. The smallest absolute Gasteiger partial charge is 0.414 e. The number of cyclic esters (lactones) is 1. The maximum Gasteiger partial charge on any atom is 0.414 e. The molecule has 1 aromatic carbocycles. The van der Waals surface area contributed by atoms with Crippen LogP contribution in [0, 0.1) is 11.6 Å². The molecule has 2 amide bonds. The molecule has 0 aliphatic carbocycles. The number of halogens is 2. The Morgan fingerprint density at radius 2 is 1.97 bits per heavy atom. The van der Waals surface area contributed by atoms with Gasteiger partial charge in [-0.15, -0.1) is 5.10 Å². The minimum Gasteiger partial charge on any atom is -0.442 e. The van der Waals surface area contributed by atoms with Crippen molar-refractivity contribution < 1.29 is 28.2 Å². The van der Waals surface area contributed by atoms with Gasteiger partial charge in [0.1, 0.15) is 17.5 Å². The van der Waals surface area contributed by atoms with E-state index in [0.717, 1.165) is 17.0 Å². The second-order valence-corrected chi connectivity index (χ2v) is 8.33. The van der Waals surface area contributed by atoms with Gasteiger partial charge in [-0.2, -0.15) is 0 Å². The van der Waals surface area contributed by atoms with Gasteiger partial charge in [-0.3, -0.25) is 9.69 Å². The first-order valence-electron chi connectivity index (χ1n) is 10.8. The average molecular weight is 464 g/mol. The van der Waals surface area contributed by atoms with Gasteiger partial charge in [-0.25, -0.2) is 18.3 Å². The third kappa shape index (κ3) is 4.90. The van der Waals surface area contributed by atoms with Gasteiger partial charge in [0.2, 0.25) is 5.91 Å². The first-order valence-corrected chi connectivity index (χ1v) is 10.8. The number of amides is 2. The number of piperidine rings is 1. The number of anilines is 2. The van der Waals surface area contributed by atoms with Crippen molar-refractivity contribution >= 4 is 23.4 Å². The van der Waals surface area contributed by atoms with Gasteiger partial charge in [0.25, 0.3) is 0 Å². The Bertz CT molecular complexity index is 1010. The second kappa shape index (κ2) is 9.30. The highest BCUT2D eigenvalue weighted by Gasteiger charge is 2.34. The molecule has 1 aromatic heterocycles. The van der Waals surface area contributed by atoms with Crippen molar-refractivity contribution in [3.8, 4) is 0 Å². The maximum absolute atomic E-state index is 15.0. The van der Waals surface area contributed by atoms with E-state index in [4.69, 9.17) is 4.74 Å². The highest BCUT2D eigenvalue weighted by Crippen LogP contribution is 2.34. The molecule has 2 atom stereocenters. The van der Waals surface area contributed by atoms with Gasteiger partial charge in [0.05, 0.1) is 37.1 Å². The minimum absolute atomic E-state index is 0.0200. The Labute approximate surface area is 189 Å². The summed E-state index contributed by atoms with van der Waals surface area (Å²) in [7, 11) is 0. The summed E-state index contributed by atoms with van der Waals surface area (Å²) in [6.07, 6.45) is 0.863. The number of aliphatic hydroxyl groups excluding tert-OH is 1. The summed E-state index contributed by atoms with van der Waals surface area (Å²) < 4.78 is 36.8. The number of rotatable bonds is 6. The Kier molecular flexibility index (Phi) is 6.45. The summed E-state index contributed by atoms with van der Waals surface area (Å²) in [5.41, 5.74) is 0.403. The zero-order valence-corrected chi connectivity index (χ0v) is 18.4. The third-order valence-electron chi connectivity index (χ3n) is 5.88. The van der Waals surface area contributed by atoms with Crippen LogP contribution in [0.4, 0.5) is 25.0 Å². The lowest BCUT2D eigenvalue weighted by Gasteiger charge is -2.34. The van der Waals surface area contributed by atoms with Crippen LogP contribution in [0.25, 0.3) is 0 Å². The van der Waals surface area contributed by atoms with Crippen molar-refractivity contribution in [2.24, 2.45) is 0 Å². The fourth-order valence-electron chi connectivity index (χ4n) is 4.12. The molecule has 0 spiro atoms. The number of benzene rings is 1. The summed E-state index contributed by atoms with van der Waals surface area (Å²) in [4.78, 5) is 26.0. The average Bonchev–Trinajstić information content (AvgIpc) is 3.39. The number of nitrogens with one attached hydrogen (secondary N) is 1. The lowest BCUT2D eigenvalue weighted by molar-refractivity contribution is -0.119. The molecular formula is C21H26F2N6O4. The fourth-order valence-corrected chi connectivity index (χ4v) is 4.12. The molecule has 178 valence electrons. The van der Waals surface area contributed by atoms with E-state index in [1.54, 1.807) is 22.7 Å². The predicted molar refractivity (Wildman–Crippen MR) is 114 cm³/mol. The van der Waals surface area contributed by atoms with Crippen LogP contribution in [0.3, 0.4) is 0 Å². The van der Waals surface area contributed by atoms with Gasteiger partial charge < -0.3 is 20.1 Å². The Hall–Kier alpha value is -3.28. The van der Waals surface area contributed by atoms with E-state index in [9.17, 15) is 23.5 Å². The monoisotopic (exact) mass is 464 g/mol. The summed E-state index contributed by atoms with van der Waals surface area (Å²) in [6.45, 7) is 3.98. The molecule has 12 heteroatoms. The molecule has 10 nitrogen and oxygen atoms in total. The van der Waals surface area contributed by atoms with E-state index in [-0.39, 0.29) is 36.4 Å². The van der Waals surface area contributed by atoms with Gasteiger partial charge >= 0.3 is 6.09 Å². The van der Waals surface area contributed by atoms with Gasteiger partial charge in [0, 0.05) is 32.1 Å². The first kappa shape index (κ1) is 22.9. The molecule has 0 saturated carbocycles. The van der Waals surface area contributed by atoms with Crippen LogP contribution in [0.15, 0.2) is 18.3 Å². The molecule has 2 aliphatic heterocycles. The van der Waals surface area contributed by atoms with Crippen LogP contribution in [0.2, 0.25) is 0 Å². The number of aromatic nitrogens is 3. The van der Waals surface area contributed by atoms with Crippen molar-refractivity contribution in [1.82, 2.24) is 20.3 Å². The van der Waals surface area contributed by atoms with E-state index in [1.807, 2.05) is 0 Å². The number of carbonyl (C=O) groups is 2. The Morgan fingerprint density at radius 1 is 1.30 bits per heavy atom. The van der Waals surface area contributed by atoms with Crippen molar-refractivity contribution in [2.45, 2.75) is 44.9 Å². The topological polar surface area (TPSA) is 113 Å². The van der Waals surface area contributed by atoms with Crippen molar-refractivity contribution in [3.63, 3.8) is 0 Å². The largest absolute Gasteiger partial charge is 0.442 e. The van der Waals surface area contributed by atoms with Crippen LogP contribution >= 0.6 is 0 Å². The molecule has 2 aromatic rings. The number of hydrogen-bond donors (Lipinski definition) is 2. The molecule has 4 rings (SSSR count). The SMILES string of the molecule is CC(=O)NC[C@H]1CN(c2cc(F)c(N3CCC(n4cc(C(C)O)nn4)CC3)c(F)c2)C(=O)O1. The van der Waals surface area contributed by atoms with Crippen molar-refractivity contribution in [3.05, 3.63) is 35.7 Å². The van der Waals surface area contributed by atoms with Crippen LogP contribution in [-0.4, -0.2) is 64.4 Å². The molecule has 2 aliphatic rings. The normalized spacial score (nSPS) is 20.2. The highest BCUT2D eigenvalue weighted by atomic mass is 19.1.